The predicted octanol–water partition coefficient (Wildman–Crippen LogP) is 0.586. The van der Waals surface area contributed by atoms with E-state index < -0.39 is 0 Å². The van der Waals surface area contributed by atoms with Crippen LogP contribution in [-0.4, -0.2) is 31.3 Å². The summed E-state index contributed by atoms with van der Waals surface area (Å²) in [5.74, 6) is 0. The first-order valence-corrected chi connectivity index (χ1v) is 3.66. The first kappa shape index (κ1) is 10.0. The lowest BCUT2D eigenvalue weighted by atomic mass is 10.3. The van der Waals surface area contributed by atoms with Crippen molar-refractivity contribution >= 4 is 6.29 Å². The number of allylic oxidation sites excluding steroid dienone is 1. The molecule has 0 unspecified atom stereocenters. The first-order valence-electron chi connectivity index (χ1n) is 3.66. The molecule has 3 heteroatoms. The summed E-state index contributed by atoms with van der Waals surface area (Å²) in [5, 5.41) is 3.01. The molecular weight excluding hydrogens is 140 g/mol. The number of hydrogen-bond acceptors (Lipinski definition) is 3. The van der Waals surface area contributed by atoms with Gasteiger partial charge < -0.3 is 10.2 Å². The fraction of sp³-hybridized carbons (Fsp3) is 0.625. The van der Waals surface area contributed by atoms with E-state index in [1.807, 2.05) is 32.8 Å². The molecule has 64 valence electrons. The highest BCUT2D eigenvalue weighted by Gasteiger charge is 1.96. The average molecular weight is 156 g/mol. The van der Waals surface area contributed by atoms with Gasteiger partial charge in [-0.15, -0.1) is 0 Å². The topological polar surface area (TPSA) is 32.3 Å². The molecule has 0 fully saturated rings. The van der Waals surface area contributed by atoms with E-state index in [0.29, 0.717) is 11.7 Å². The third-order valence-corrected chi connectivity index (χ3v) is 0.980. The summed E-state index contributed by atoms with van der Waals surface area (Å²) in [6.07, 6.45) is 2.58. The molecule has 0 aliphatic rings. The first-order chi connectivity index (χ1) is 5.06. The molecule has 0 aliphatic carbocycles. The van der Waals surface area contributed by atoms with Gasteiger partial charge in [0.15, 0.2) is 6.29 Å². The van der Waals surface area contributed by atoms with E-state index in [-0.39, 0.29) is 0 Å². The van der Waals surface area contributed by atoms with Gasteiger partial charge in [0.25, 0.3) is 0 Å². The Morgan fingerprint density at radius 2 is 2.00 bits per heavy atom. The molecule has 0 aromatic heterocycles. The van der Waals surface area contributed by atoms with Gasteiger partial charge in [-0.25, -0.2) is 0 Å². The third-order valence-electron chi connectivity index (χ3n) is 0.980. The van der Waals surface area contributed by atoms with Crippen LogP contribution in [0.25, 0.3) is 0 Å². The van der Waals surface area contributed by atoms with E-state index in [4.69, 9.17) is 0 Å². The Bertz CT molecular complexity index is 150. The minimum absolute atomic E-state index is 0.298. The fourth-order valence-corrected chi connectivity index (χ4v) is 0.713. The number of rotatable bonds is 4. The summed E-state index contributed by atoms with van der Waals surface area (Å²) in [7, 11) is 3.76. The van der Waals surface area contributed by atoms with Gasteiger partial charge in [0.05, 0.1) is 5.70 Å². The average Bonchev–Trinajstić information content (AvgIpc) is 1.84. The molecule has 0 saturated carbocycles. The van der Waals surface area contributed by atoms with Crippen molar-refractivity contribution in [3.63, 3.8) is 0 Å². The second kappa shape index (κ2) is 4.77. The molecule has 1 N–H and O–H groups in total. The zero-order valence-electron chi connectivity index (χ0n) is 7.59. The van der Waals surface area contributed by atoms with Crippen LogP contribution in [0, 0.1) is 0 Å². The number of nitrogens with zero attached hydrogens (tertiary/aromatic N) is 1. The van der Waals surface area contributed by atoms with Gasteiger partial charge in [-0.2, -0.15) is 0 Å². The molecule has 0 aliphatic heterocycles. The Kier molecular flexibility index (Phi) is 4.34. The standard InChI is InChI=1S/C8H16N2O/c1-7(2)9-8(6-11)5-10(3)4/h5-7,9H,1-4H3/b8-5-. The molecule has 0 atom stereocenters. The molecule has 0 bridgehead atoms. The van der Waals surface area contributed by atoms with E-state index in [0.717, 1.165) is 6.29 Å². The minimum atomic E-state index is 0.298. The Balaban J connectivity index is 4.05. The monoisotopic (exact) mass is 156 g/mol. The highest BCUT2D eigenvalue weighted by atomic mass is 16.1. The van der Waals surface area contributed by atoms with Crippen LogP contribution in [0.4, 0.5) is 0 Å². The van der Waals surface area contributed by atoms with E-state index >= 15 is 0 Å². The second-order valence-corrected chi connectivity index (χ2v) is 2.96. The third kappa shape index (κ3) is 5.45. The van der Waals surface area contributed by atoms with Crippen molar-refractivity contribution in [3.8, 4) is 0 Å². The number of aldehydes is 1. The van der Waals surface area contributed by atoms with Crippen molar-refractivity contribution in [1.29, 1.82) is 0 Å². The lowest BCUT2D eigenvalue weighted by Gasteiger charge is -2.11. The molecule has 0 aromatic carbocycles. The summed E-state index contributed by atoms with van der Waals surface area (Å²) in [4.78, 5) is 12.3. The molecule has 11 heavy (non-hydrogen) atoms. The summed E-state index contributed by atoms with van der Waals surface area (Å²) in [6, 6.07) is 0.298. The fourth-order valence-electron chi connectivity index (χ4n) is 0.713. The lowest BCUT2D eigenvalue weighted by Crippen LogP contribution is -2.24. The summed E-state index contributed by atoms with van der Waals surface area (Å²) >= 11 is 0. The van der Waals surface area contributed by atoms with Crippen LogP contribution in [0.1, 0.15) is 13.8 Å². The van der Waals surface area contributed by atoms with E-state index in [1.165, 1.54) is 0 Å². The Morgan fingerprint density at radius 1 is 1.45 bits per heavy atom. The van der Waals surface area contributed by atoms with Crippen LogP contribution in [0.2, 0.25) is 0 Å². The number of hydrogen-bond donors (Lipinski definition) is 1. The van der Waals surface area contributed by atoms with Crippen molar-refractivity contribution in [2.75, 3.05) is 14.1 Å². The molecule has 0 aromatic rings. The Morgan fingerprint density at radius 3 is 2.27 bits per heavy atom. The highest BCUT2D eigenvalue weighted by molar-refractivity contribution is 5.72. The van der Waals surface area contributed by atoms with Crippen LogP contribution in [0.5, 0.6) is 0 Å². The van der Waals surface area contributed by atoms with Crippen LogP contribution < -0.4 is 5.32 Å². The number of nitrogens with one attached hydrogen (secondary N) is 1. The molecular formula is C8H16N2O. The molecule has 0 radical (unpaired) electrons. The maximum atomic E-state index is 10.4. The lowest BCUT2D eigenvalue weighted by molar-refractivity contribution is -0.105. The summed E-state index contributed by atoms with van der Waals surface area (Å²) in [5.41, 5.74) is 0.616. The zero-order valence-corrected chi connectivity index (χ0v) is 7.59. The Labute approximate surface area is 68.1 Å². The SMILES string of the molecule is CC(C)N/C(C=O)=C\N(C)C. The molecule has 0 spiro atoms. The van der Waals surface area contributed by atoms with Crippen molar-refractivity contribution in [1.82, 2.24) is 10.2 Å². The molecule has 0 amide bonds. The van der Waals surface area contributed by atoms with E-state index in [2.05, 4.69) is 5.32 Å². The number of carbonyl (C=O) groups is 1. The molecule has 0 saturated heterocycles. The maximum Gasteiger partial charge on any atom is 0.167 e. The molecule has 0 rings (SSSR count). The van der Waals surface area contributed by atoms with Crippen LogP contribution in [0.3, 0.4) is 0 Å². The zero-order chi connectivity index (χ0) is 8.85. The van der Waals surface area contributed by atoms with Gasteiger partial charge in [-0.05, 0) is 13.8 Å². The summed E-state index contributed by atoms with van der Waals surface area (Å²) < 4.78 is 0. The van der Waals surface area contributed by atoms with Crippen molar-refractivity contribution in [2.45, 2.75) is 19.9 Å². The number of carbonyl (C=O) groups excluding carboxylic acids is 1. The van der Waals surface area contributed by atoms with Gasteiger partial charge in [0.1, 0.15) is 0 Å². The van der Waals surface area contributed by atoms with Crippen molar-refractivity contribution in [2.24, 2.45) is 0 Å². The quantitative estimate of drug-likeness (QED) is 0.477. The van der Waals surface area contributed by atoms with E-state index in [9.17, 15) is 4.79 Å². The van der Waals surface area contributed by atoms with Gasteiger partial charge >= 0.3 is 0 Å². The largest absolute Gasteiger partial charge is 0.382 e. The van der Waals surface area contributed by atoms with Crippen LogP contribution >= 0.6 is 0 Å². The summed E-state index contributed by atoms with van der Waals surface area (Å²) in [6.45, 7) is 3.99. The van der Waals surface area contributed by atoms with Gasteiger partial charge in [-0.1, -0.05) is 0 Å². The van der Waals surface area contributed by atoms with Crippen molar-refractivity contribution < 1.29 is 4.79 Å². The highest BCUT2D eigenvalue weighted by Crippen LogP contribution is 1.89. The van der Waals surface area contributed by atoms with Gasteiger partial charge in [-0.3, -0.25) is 4.79 Å². The van der Waals surface area contributed by atoms with Crippen LogP contribution in [-0.2, 0) is 4.79 Å². The molecule has 3 nitrogen and oxygen atoms in total. The second-order valence-electron chi connectivity index (χ2n) is 2.96. The predicted molar refractivity (Wildman–Crippen MR) is 46.1 cm³/mol. The van der Waals surface area contributed by atoms with Gasteiger partial charge in [0.2, 0.25) is 0 Å². The maximum absolute atomic E-state index is 10.4. The molecule has 0 heterocycles. The van der Waals surface area contributed by atoms with E-state index in [1.54, 1.807) is 6.20 Å². The minimum Gasteiger partial charge on any atom is -0.382 e. The smallest absolute Gasteiger partial charge is 0.167 e. The van der Waals surface area contributed by atoms with Crippen molar-refractivity contribution in [3.05, 3.63) is 11.9 Å². The van der Waals surface area contributed by atoms with Gasteiger partial charge in [0, 0.05) is 26.3 Å². The normalized spacial score (nSPS) is 11.5. The Hall–Kier alpha value is -0.990. The van der Waals surface area contributed by atoms with Crippen LogP contribution in [0.15, 0.2) is 11.9 Å².